The average molecular weight is 324 g/mol. The zero-order chi connectivity index (χ0) is 14.7. The lowest BCUT2D eigenvalue weighted by molar-refractivity contribution is 0.425. The first-order valence-corrected chi connectivity index (χ1v) is 8.65. The van der Waals surface area contributed by atoms with E-state index in [1.807, 2.05) is 11.8 Å². The number of nitrogen functional groups attached to an aromatic ring is 1. The molecule has 112 valence electrons. The fourth-order valence-corrected chi connectivity index (χ4v) is 4.04. The number of benzene rings is 1. The fraction of sp³-hybridized carbons (Fsp3) is 0.467. The number of aromatic nitrogens is 2. The Bertz CT molecular complexity index is 590. The molecule has 4 nitrogen and oxygen atoms in total. The van der Waals surface area contributed by atoms with Crippen LogP contribution in [0.5, 0.6) is 0 Å². The minimum Gasteiger partial charge on any atom is -0.398 e. The number of anilines is 1. The molecule has 0 unspecified atom stereocenters. The van der Waals surface area contributed by atoms with Crippen LogP contribution in [0.4, 0.5) is 5.69 Å². The lowest BCUT2D eigenvalue weighted by Gasteiger charge is -2.19. The molecule has 1 heterocycles. The molecule has 1 saturated carbocycles. The van der Waals surface area contributed by atoms with Crippen LogP contribution in [0.2, 0.25) is 5.02 Å². The standard InChI is InChI=1S/C15H18ClN3OS/c16-11-7-4-8-12(17)14(11)15-18-13(19-20-15)9-21-10-5-2-1-3-6-10/h4,7-8,10H,1-3,5-6,9,17H2. The van der Waals surface area contributed by atoms with Gasteiger partial charge in [0.25, 0.3) is 5.89 Å². The molecule has 1 aliphatic carbocycles. The minimum atomic E-state index is 0.400. The average Bonchev–Trinajstić information content (AvgIpc) is 2.95. The van der Waals surface area contributed by atoms with Crippen LogP contribution >= 0.6 is 23.4 Å². The van der Waals surface area contributed by atoms with Gasteiger partial charge in [-0.2, -0.15) is 16.7 Å². The topological polar surface area (TPSA) is 64.9 Å². The van der Waals surface area contributed by atoms with Crippen molar-refractivity contribution in [2.24, 2.45) is 0 Å². The van der Waals surface area contributed by atoms with Crippen LogP contribution in [0.25, 0.3) is 11.5 Å². The molecule has 1 aliphatic rings. The Morgan fingerprint density at radius 2 is 2.10 bits per heavy atom. The first-order chi connectivity index (χ1) is 10.2. The lowest BCUT2D eigenvalue weighted by atomic mass is 10.0. The Kier molecular flexibility index (Phi) is 4.70. The molecule has 2 aromatic rings. The van der Waals surface area contributed by atoms with Crippen LogP contribution in [0.15, 0.2) is 22.7 Å². The second kappa shape index (κ2) is 6.71. The number of nitrogens with two attached hydrogens (primary N) is 1. The third-order valence-electron chi connectivity index (χ3n) is 3.73. The van der Waals surface area contributed by atoms with E-state index >= 15 is 0 Å². The van der Waals surface area contributed by atoms with E-state index < -0.39 is 0 Å². The van der Waals surface area contributed by atoms with Gasteiger partial charge in [0, 0.05) is 10.9 Å². The zero-order valence-corrected chi connectivity index (χ0v) is 13.3. The smallest absolute Gasteiger partial charge is 0.261 e. The molecule has 0 bridgehead atoms. The van der Waals surface area contributed by atoms with E-state index in [2.05, 4.69) is 10.1 Å². The number of thioether (sulfide) groups is 1. The molecule has 0 radical (unpaired) electrons. The quantitative estimate of drug-likeness (QED) is 0.837. The summed E-state index contributed by atoms with van der Waals surface area (Å²) in [5.41, 5.74) is 7.12. The molecule has 1 aromatic heterocycles. The summed E-state index contributed by atoms with van der Waals surface area (Å²) < 4.78 is 5.31. The van der Waals surface area contributed by atoms with E-state index in [1.165, 1.54) is 32.1 Å². The lowest BCUT2D eigenvalue weighted by Crippen LogP contribution is -2.08. The van der Waals surface area contributed by atoms with Gasteiger partial charge < -0.3 is 10.3 Å². The van der Waals surface area contributed by atoms with E-state index in [0.29, 0.717) is 28.0 Å². The Labute approximate surface area is 133 Å². The van der Waals surface area contributed by atoms with Crippen LogP contribution < -0.4 is 5.73 Å². The molecule has 1 fully saturated rings. The van der Waals surface area contributed by atoms with Crippen molar-refractivity contribution in [2.75, 3.05) is 5.73 Å². The summed E-state index contributed by atoms with van der Waals surface area (Å²) in [6.45, 7) is 0. The number of halogens is 1. The van der Waals surface area contributed by atoms with Crippen molar-refractivity contribution in [1.82, 2.24) is 10.1 Å². The van der Waals surface area contributed by atoms with Crippen molar-refractivity contribution in [3.63, 3.8) is 0 Å². The fourth-order valence-electron chi connectivity index (χ4n) is 2.60. The summed E-state index contributed by atoms with van der Waals surface area (Å²) in [4.78, 5) is 4.42. The molecule has 0 saturated heterocycles. The molecular formula is C15H18ClN3OS. The number of rotatable bonds is 4. The Morgan fingerprint density at radius 1 is 1.29 bits per heavy atom. The van der Waals surface area contributed by atoms with Gasteiger partial charge in [0.1, 0.15) is 0 Å². The van der Waals surface area contributed by atoms with Crippen molar-refractivity contribution < 1.29 is 4.52 Å². The van der Waals surface area contributed by atoms with Gasteiger partial charge in [-0.3, -0.25) is 0 Å². The summed E-state index contributed by atoms with van der Waals surface area (Å²) in [6.07, 6.45) is 6.64. The van der Waals surface area contributed by atoms with Crippen molar-refractivity contribution in [1.29, 1.82) is 0 Å². The number of nitrogens with zero attached hydrogens (tertiary/aromatic N) is 2. The minimum absolute atomic E-state index is 0.400. The van der Waals surface area contributed by atoms with Gasteiger partial charge in [-0.15, -0.1) is 0 Å². The number of hydrogen-bond donors (Lipinski definition) is 1. The normalized spacial score (nSPS) is 16.2. The van der Waals surface area contributed by atoms with Crippen LogP contribution in [0.3, 0.4) is 0 Å². The van der Waals surface area contributed by atoms with Gasteiger partial charge in [0.05, 0.1) is 16.3 Å². The van der Waals surface area contributed by atoms with Crippen LogP contribution in [-0.2, 0) is 5.75 Å². The molecule has 1 aromatic carbocycles. The van der Waals surface area contributed by atoms with E-state index in [9.17, 15) is 0 Å². The molecular weight excluding hydrogens is 306 g/mol. The molecule has 0 spiro atoms. The summed E-state index contributed by atoms with van der Waals surface area (Å²) in [5.74, 6) is 1.88. The predicted molar refractivity (Wildman–Crippen MR) is 87.3 cm³/mol. The Morgan fingerprint density at radius 3 is 2.86 bits per heavy atom. The van der Waals surface area contributed by atoms with Gasteiger partial charge in [-0.1, -0.05) is 42.1 Å². The molecule has 0 amide bonds. The van der Waals surface area contributed by atoms with E-state index in [-0.39, 0.29) is 0 Å². The molecule has 21 heavy (non-hydrogen) atoms. The van der Waals surface area contributed by atoms with Crippen molar-refractivity contribution in [3.05, 3.63) is 29.0 Å². The largest absolute Gasteiger partial charge is 0.398 e. The highest BCUT2D eigenvalue weighted by Crippen LogP contribution is 2.33. The third-order valence-corrected chi connectivity index (χ3v) is 5.41. The summed E-state index contributed by atoms with van der Waals surface area (Å²) in [6, 6.07) is 5.35. The summed E-state index contributed by atoms with van der Waals surface area (Å²) >= 11 is 8.08. The van der Waals surface area contributed by atoms with Crippen LogP contribution in [0.1, 0.15) is 37.9 Å². The molecule has 0 atom stereocenters. The summed E-state index contributed by atoms with van der Waals surface area (Å²) in [5, 5.41) is 5.30. The second-order valence-electron chi connectivity index (χ2n) is 5.29. The first kappa shape index (κ1) is 14.7. The highest BCUT2D eigenvalue weighted by atomic mass is 35.5. The van der Waals surface area contributed by atoms with Crippen molar-refractivity contribution >= 4 is 29.1 Å². The Hall–Kier alpha value is -1.20. The van der Waals surface area contributed by atoms with E-state index in [4.69, 9.17) is 21.9 Å². The number of hydrogen-bond acceptors (Lipinski definition) is 5. The summed E-state index contributed by atoms with van der Waals surface area (Å²) in [7, 11) is 0. The molecule has 2 N–H and O–H groups in total. The maximum absolute atomic E-state index is 6.16. The first-order valence-electron chi connectivity index (χ1n) is 7.22. The van der Waals surface area contributed by atoms with E-state index in [0.717, 1.165) is 11.0 Å². The van der Waals surface area contributed by atoms with Gasteiger partial charge in [-0.05, 0) is 25.0 Å². The Balaban J connectivity index is 1.68. The highest BCUT2D eigenvalue weighted by Gasteiger charge is 2.18. The molecule has 6 heteroatoms. The van der Waals surface area contributed by atoms with Gasteiger partial charge in [0.15, 0.2) is 5.82 Å². The monoisotopic (exact) mass is 323 g/mol. The van der Waals surface area contributed by atoms with Crippen molar-refractivity contribution in [2.45, 2.75) is 43.1 Å². The van der Waals surface area contributed by atoms with Crippen molar-refractivity contribution in [3.8, 4) is 11.5 Å². The predicted octanol–water partition coefficient (Wildman–Crippen LogP) is 4.54. The second-order valence-corrected chi connectivity index (χ2v) is 6.99. The maximum Gasteiger partial charge on any atom is 0.261 e. The van der Waals surface area contributed by atoms with Crippen LogP contribution in [-0.4, -0.2) is 15.4 Å². The van der Waals surface area contributed by atoms with Crippen LogP contribution in [0, 0.1) is 0 Å². The maximum atomic E-state index is 6.16. The zero-order valence-electron chi connectivity index (χ0n) is 11.7. The SMILES string of the molecule is Nc1cccc(Cl)c1-c1nc(CSC2CCCCC2)no1. The molecule has 3 rings (SSSR count). The third kappa shape index (κ3) is 3.52. The van der Waals surface area contributed by atoms with Gasteiger partial charge in [0.2, 0.25) is 0 Å². The van der Waals surface area contributed by atoms with E-state index in [1.54, 1.807) is 18.2 Å². The highest BCUT2D eigenvalue weighted by molar-refractivity contribution is 7.99. The van der Waals surface area contributed by atoms with Gasteiger partial charge in [-0.25, -0.2) is 0 Å². The molecule has 0 aliphatic heterocycles. The van der Waals surface area contributed by atoms with Gasteiger partial charge >= 0.3 is 0 Å².